The number of amides is 2. The molecule has 0 bridgehead atoms. The fourth-order valence-electron chi connectivity index (χ4n) is 2.46. The van der Waals surface area contributed by atoms with Crippen LogP contribution in [0.15, 0.2) is 0 Å². The summed E-state index contributed by atoms with van der Waals surface area (Å²) < 4.78 is -0.425. The van der Waals surface area contributed by atoms with Gasteiger partial charge in [0.05, 0.1) is 0 Å². The van der Waals surface area contributed by atoms with Gasteiger partial charge < -0.3 is 0 Å². The van der Waals surface area contributed by atoms with Crippen LogP contribution in [0.5, 0.6) is 0 Å². The number of hydrogen-bond donors (Lipinski definition) is 0. The third-order valence-corrected chi connectivity index (χ3v) is 7.39. The summed E-state index contributed by atoms with van der Waals surface area (Å²) in [6, 6.07) is 0. The lowest BCUT2D eigenvalue weighted by Gasteiger charge is -2.41. The van der Waals surface area contributed by atoms with Gasteiger partial charge in [-0.1, -0.05) is 13.8 Å². The van der Waals surface area contributed by atoms with E-state index in [-0.39, 0.29) is 17.7 Å². The van der Waals surface area contributed by atoms with Gasteiger partial charge in [0.2, 0.25) is 5.91 Å². The minimum atomic E-state index is -0.425. The molecule has 0 atom stereocenters. The molecule has 0 unspecified atom stereocenters. The molecule has 3 nitrogen and oxygen atoms in total. The van der Waals surface area contributed by atoms with E-state index in [1.165, 1.54) is 4.90 Å². The number of piperidine rings is 1. The quantitative estimate of drug-likeness (QED) is 0.732. The Morgan fingerprint density at radius 2 is 1.89 bits per heavy atom. The second kappa shape index (κ2) is 5.87. The zero-order valence-electron chi connectivity index (χ0n) is 11.1. The summed E-state index contributed by atoms with van der Waals surface area (Å²) in [6.07, 6.45) is 3.58. The van der Waals surface area contributed by atoms with Crippen molar-refractivity contribution in [1.82, 2.24) is 4.90 Å². The highest BCUT2D eigenvalue weighted by atomic mass is 32.2. The van der Waals surface area contributed by atoms with Crippen LogP contribution in [0.4, 0.5) is 0 Å². The highest BCUT2D eigenvalue weighted by molar-refractivity contribution is 8.19. The van der Waals surface area contributed by atoms with Crippen LogP contribution in [0, 0.1) is 5.92 Å². The van der Waals surface area contributed by atoms with Crippen molar-refractivity contribution >= 4 is 35.3 Å². The summed E-state index contributed by atoms with van der Waals surface area (Å²) in [5, 5.41) is 0. The molecule has 0 saturated carbocycles. The van der Waals surface area contributed by atoms with Crippen LogP contribution in [0.2, 0.25) is 0 Å². The second-order valence-electron chi connectivity index (χ2n) is 5.18. The number of nitrogens with zero attached hydrogens (tertiary/aromatic N) is 1. The van der Waals surface area contributed by atoms with E-state index < -0.39 is 4.08 Å². The maximum atomic E-state index is 12.8. The Balaban J connectivity index is 2.19. The van der Waals surface area contributed by atoms with Gasteiger partial charge in [0, 0.05) is 13.0 Å². The number of carbonyl (C=O) groups is 2. The molecule has 2 aliphatic rings. The molecule has 2 fully saturated rings. The fourth-order valence-corrected chi connectivity index (χ4v) is 5.79. The van der Waals surface area contributed by atoms with Crippen LogP contribution in [0.1, 0.15) is 39.5 Å². The molecule has 0 spiro atoms. The first-order valence-electron chi connectivity index (χ1n) is 6.70. The number of thioether (sulfide) groups is 2. The lowest BCUT2D eigenvalue weighted by atomic mass is 10.1. The van der Waals surface area contributed by atoms with Gasteiger partial charge in [-0.15, -0.1) is 23.5 Å². The third-order valence-electron chi connectivity index (χ3n) is 3.55. The molecule has 0 radical (unpaired) electrons. The summed E-state index contributed by atoms with van der Waals surface area (Å²) in [5.41, 5.74) is 0. The fraction of sp³-hybridized carbons (Fsp3) is 0.846. The van der Waals surface area contributed by atoms with E-state index in [0.29, 0.717) is 13.0 Å². The van der Waals surface area contributed by atoms with Gasteiger partial charge in [0.25, 0.3) is 5.91 Å². The average molecular weight is 287 g/mol. The Labute approximate surface area is 117 Å². The normalized spacial score (nSPS) is 24.4. The molecule has 0 N–H and O–H groups in total. The SMILES string of the molecule is CC(C)C1(C(=O)N2CCCCC2=O)SCCCS1. The summed E-state index contributed by atoms with van der Waals surface area (Å²) in [7, 11) is 0. The van der Waals surface area contributed by atoms with Crippen LogP contribution < -0.4 is 0 Å². The predicted octanol–water partition coefficient (Wildman–Crippen LogP) is 2.75. The lowest BCUT2D eigenvalue weighted by molar-refractivity contribution is -0.147. The standard InChI is InChI=1S/C13H21NO2S2/c1-10(2)13(17-8-5-9-18-13)12(16)14-7-4-3-6-11(14)15/h10H,3-9H2,1-2H3. The van der Waals surface area contributed by atoms with E-state index in [1.807, 2.05) is 0 Å². The molecule has 18 heavy (non-hydrogen) atoms. The Kier molecular flexibility index (Phi) is 4.64. The molecule has 2 rings (SSSR count). The maximum absolute atomic E-state index is 12.8. The molecule has 5 heteroatoms. The molecule has 0 aromatic rings. The van der Waals surface area contributed by atoms with Crippen molar-refractivity contribution in [2.24, 2.45) is 5.92 Å². The van der Waals surface area contributed by atoms with Crippen molar-refractivity contribution < 1.29 is 9.59 Å². The molecule has 2 saturated heterocycles. The number of likely N-dealkylation sites (tertiary alicyclic amines) is 1. The number of carbonyl (C=O) groups excluding carboxylic acids is 2. The van der Waals surface area contributed by atoms with Crippen LogP contribution in [0.3, 0.4) is 0 Å². The van der Waals surface area contributed by atoms with Gasteiger partial charge in [-0.3, -0.25) is 14.5 Å². The van der Waals surface area contributed by atoms with Gasteiger partial charge in [0.15, 0.2) is 0 Å². The summed E-state index contributed by atoms with van der Waals surface area (Å²) in [5.74, 6) is 2.39. The number of rotatable bonds is 2. The van der Waals surface area contributed by atoms with E-state index in [9.17, 15) is 9.59 Å². The van der Waals surface area contributed by atoms with Crippen molar-refractivity contribution in [3.63, 3.8) is 0 Å². The summed E-state index contributed by atoms with van der Waals surface area (Å²) >= 11 is 3.48. The monoisotopic (exact) mass is 287 g/mol. The highest BCUT2D eigenvalue weighted by Crippen LogP contribution is 2.48. The highest BCUT2D eigenvalue weighted by Gasteiger charge is 2.48. The van der Waals surface area contributed by atoms with Crippen molar-refractivity contribution in [2.45, 2.75) is 43.6 Å². The molecule has 0 aromatic carbocycles. The first-order valence-corrected chi connectivity index (χ1v) is 8.68. The molecular weight excluding hydrogens is 266 g/mol. The summed E-state index contributed by atoms with van der Waals surface area (Å²) in [4.78, 5) is 26.2. The maximum Gasteiger partial charge on any atom is 0.255 e. The molecular formula is C13H21NO2S2. The minimum absolute atomic E-state index is 0.0260. The molecule has 2 aliphatic heterocycles. The number of imide groups is 1. The molecule has 2 amide bonds. The van der Waals surface area contributed by atoms with Crippen LogP contribution in [0.25, 0.3) is 0 Å². The molecule has 2 heterocycles. The van der Waals surface area contributed by atoms with Gasteiger partial charge >= 0.3 is 0 Å². The second-order valence-corrected chi connectivity index (χ2v) is 8.12. The Morgan fingerprint density at radius 1 is 1.22 bits per heavy atom. The zero-order valence-corrected chi connectivity index (χ0v) is 12.7. The van der Waals surface area contributed by atoms with Crippen molar-refractivity contribution in [3.05, 3.63) is 0 Å². The van der Waals surface area contributed by atoms with Crippen LogP contribution in [-0.2, 0) is 9.59 Å². The lowest BCUT2D eigenvalue weighted by Crippen LogP contribution is -2.52. The first kappa shape index (κ1) is 14.3. The van der Waals surface area contributed by atoms with Crippen molar-refractivity contribution in [2.75, 3.05) is 18.1 Å². The van der Waals surface area contributed by atoms with E-state index in [2.05, 4.69) is 13.8 Å². The largest absolute Gasteiger partial charge is 0.281 e. The van der Waals surface area contributed by atoms with E-state index in [4.69, 9.17) is 0 Å². The van der Waals surface area contributed by atoms with Crippen molar-refractivity contribution in [1.29, 1.82) is 0 Å². The van der Waals surface area contributed by atoms with Crippen LogP contribution in [-0.4, -0.2) is 38.8 Å². The molecule has 0 aliphatic carbocycles. The predicted molar refractivity (Wildman–Crippen MR) is 77.7 cm³/mol. The Hall–Kier alpha value is -0.160. The Morgan fingerprint density at radius 3 is 2.44 bits per heavy atom. The van der Waals surface area contributed by atoms with Crippen LogP contribution >= 0.6 is 23.5 Å². The number of hydrogen-bond acceptors (Lipinski definition) is 4. The van der Waals surface area contributed by atoms with E-state index >= 15 is 0 Å². The summed E-state index contributed by atoms with van der Waals surface area (Å²) in [6.45, 7) is 4.81. The van der Waals surface area contributed by atoms with E-state index in [1.54, 1.807) is 23.5 Å². The van der Waals surface area contributed by atoms with E-state index in [0.717, 1.165) is 30.8 Å². The third kappa shape index (κ3) is 2.57. The smallest absolute Gasteiger partial charge is 0.255 e. The topological polar surface area (TPSA) is 37.4 Å². The minimum Gasteiger partial charge on any atom is -0.281 e. The average Bonchev–Trinajstić information content (AvgIpc) is 2.39. The van der Waals surface area contributed by atoms with Crippen molar-refractivity contribution in [3.8, 4) is 0 Å². The van der Waals surface area contributed by atoms with Gasteiger partial charge in [-0.25, -0.2) is 0 Å². The zero-order chi connectivity index (χ0) is 13.2. The van der Waals surface area contributed by atoms with Gasteiger partial charge in [-0.05, 0) is 36.7 Å². The molecule has 102 valence electrons. The first-order chi connectivity index (χ1) is 8.58. The molecule has 0 aromatic heterocycles. The van der Waals surface area contributed by atoms with Gasteiger partial charge in [0.1, 0.15) is 4.08 Å². The van der Waals surface area contributed by atoms with Gasteiger partial charge in [-0.2, -0.15) is 0 Å². The Bertz CT molecular complexity index is 338.